The minimum atomic E-state index is -0.734. The van der Waals surface area contributed by atoms with Crippen molar-refractivity contribution in [1.29, 1.82) is 0 Å². The highest BCUT2D eigenvalue weighted by Crippen LogP contribution is 2.29. The van der Waals surface area contributed by atoms with E-state index in [1.807, 2.05) is 18.2 Å². The molecule has 1 unspecified atom stereocenters. The van der Waals surface area contributed by atoms with E-state index in [-0.39, 0.29) is 5.91 Å². The van der Waals surface area contributed by atoms with Crippen LogP contribution < -0.4 is 10.1 Å². The number of amides is 1. The van der Waals surface area contributed by atoms with Crippen LogP contribution in [0, 0.1) is 0 Å². The molecule has 0 aliphatic rings. The first kappa shape index (κ1) is 15.3. The number of aldehydes is 1. The monoisotopic (exact) mass is 347 g/mol. The molecule has 0 radical (unpaired) electrons. The third kappa shape index (κ3) is 3.92. The first-order valence-electron chi connectivity index (χ1n) is 6.38. The van der Waals surface area contributed by atoms with Crippen molar-refractivity contribution in [3.05, 3.63) is 58.6 Å². The quantitative estimate of drug-likeness (QED) is 0.839. The fourth-order valence-electron chi connectivity index (χ4n) is 1.74. The van der Waals surface area contributed by atoms with Crippen LogP contribution in [0.2, 0.25) is 0 Å². The van der Waals surface area contributed by atoms with Gasteiger partial charge in [-0.1, -0.05) is 24.3 Å². The fourth-order valence-corrected chi connectivity index (χ4v) is 2.21. The van der Waals surface area contributed by atoms with Crippen molar-refractivity contribution >= 4 is 33.8 Å². The van der Waals surface area contributed by atoms with Gasteiger partial charge in [-0.25, -0.2) is 0 Å². The molecule has 0 bridgehead atoms. The number of ether oxygens (including phenoxy) is 1. The lowest BCUT2D eigenvalue weighted by Gasteiger charge is -2.17. The lowest BCUT2D eigenvalue weighted by Crippen LogP contribution is -2.30. The Hall–Kier alpha value is -2.14. The molecular weight excluding hydrogens is 334 g/mol. The van der Waals surface area contributed by atoms with Gasteiger partial charge in [-0.05, 0) is 47.1 Å². The van der Waals surface area contributed by atoms with Crippen LogP contribution in [0.15, 0.2) is 53.0 Å². The Morgan fingerprint density at radius 1 is 1.19 bits per heavy atom. The van der Waals surface area contributed by atoms with Crippen molar-refractivity contribution < 1.29 is 14.3 Å². The number of halogens is 1. The van der Waals surface area contributed by atoms with Gasteiger partial charge in [0.15, 0.2) is 12.4 Å². The zero-order valence-corrected chi connectivity index (χ0v) is 13.0. The van der Waals surface area contributed by atoms with Crippen LogP contribution >= 0.6 is 15.9 Å². The normalized spacial score (nSPS) is 11.5. The second kappa shape index (κ2) is 7.04. The van der Waals surface area contributed by atoms with Gasteiger partial charge in [-0.15, -0.1) is 0 Å². The number of rotatable bonds is 5. The van der Waals surface area contributed by atoms with Gasteiger partial charge in [0.05, 0.1) is 10.0 Å². The minimum absolute atomic E-state index is 0.284. The van der Waals surface area contributed by atoms with Gasteiger partial charge in [0.2, 0.25) is 0 Å². The molecule has 0 aliphatic heterocycles. The van der Waals surface area contributed by atoms with Crippen molar-refractivity contribution in [1.82, 2.24) is 0 Å². The predicted octanol–water partition coefficient (Wildman–Crippen LogP) is 3.67. The third-order valence-corrected chi connectivity index (χ3v) is 3.45. The number of nitrogens with one attached hydrogen (secondary N) is 1. The molecule has 1 atom stereocenters. The molecule has 2 aromatic rings. The van der Waals surface area contributed by atoms with Gasteiger partial charge < -0.3 is 10.1 Å². The molecule has 2 aromatic carbocycles. The van der Waals surface area contributed by atoms with Crippen molar-refractivity contribution in [3.8, 4) is 5.75 Å². The van der Waals surface area contributed by atoms with Gasteiger partial charge in [-0.2, -0.15) is 0 Å². The minimum Gasteiger partial charge on any atom is -0.479 e. The molecule has 0 aliphatic carbocycles. The molecule has 4 nitrogen and oxygen atoms in total. The van der Waals surface area contributed by atoms with E-state index in [1.165, 1.54) is 0 Å². The number of carbonyl (C=O) groups is 2. The highest BCUT2D eigenvalue weighted by atomic mass is 79.9. The zero-order valence-electron chi connectivity index (χ0n) is 11.4. The largest absolute Gasteiger partial charge is 0.479 e. The van der Waals surface area contributed by atoms with Gasteiger partial charge in [0.1, 0.15) is 5.75 Å². The molecule has 5 heteroatoms. The first-order chi connectivity index (χ1) is 10.1. The molecule has 0 fully saturated rings. The Bertz CT molecular complexity index is 643. The molecule has 2 rings (SSSR count). The number of hydrogen-bond donors (Lipinski definition) is 1. The molecule has 1 amide bonds. The van der Waals surface area contributed by atoms with Crippen LogP contribution in [0.25, 0.3) is 0 Å². The summed E-state index contributed by atoms with van der Waals surface area (Å²) in [6.45, 7) is 1.63. The molecule has 0 saturated carbocycles. The molecule has 108 valence electrons. The molecule has 0 heterocycles. The second-order valence-corrected chi connectivity index (χ2v) is 5.25. The second-order valence-electron chi connectivity index (χ2n) is 4.39. The number of para-hydroxylation sites is 2. The highest BCUT2D eigenvalue weighted by molar-refractivity contribution is 9.10. The average molecular weight is 348 g/mol. The van der Waals surface area contributed by atoms with Gasteiger partial charge in [0, 0.05) is 5.69 Å². The van der Waals surface area contributed by atoms with Crippen molar-refractivity contribution in [2.24, 2.45) is 0 Å². The standard InChI is InChI=1S/C16H14BrNO3/c1-11(16(20)18-13-7-3-2-4-8-13)21-15-12(10-19)6-5-9-14(15)17/h2-11H,1H3,(H,18,20). The zero-order chi connectivity index (χ0) is 15.2. The summed E-state index contributed by atoms with van der Waals surface area (Å²) in [5.41, 5.74) is 1.09. The van der Waals surface area contributed by atoms with Crippen LogP contribution in [-0.4, -0.2) is 18.3 Å². The SMILES string of the molecule is CC(Oc1c(Br)cccc1C=O)C(=O)Nc1ccccc1. The van der Waals surface area contributed by atoms with Crippen LogP contribution in [0.4, 0.5) is 5.69 Å². The van der Waals surface area contributed by atoms with Crippen LogP contribution in [0.3, 0.4) is 0 Å². The molecule has 0 aromatic heterocycles. The summed E-state index contributed by atoms with van der Waals surface area (Å²) in [4.78, 5) is 23.1. The van der Waals surface area contributed by atoms with Crippen molar-refractivity contribution in [3.63, 3.8) is 0 Å². The van der Waals surface area contributed by atoms with E-state index in [1.54, 1.807) is 37.3 Å². The van der Waals surface area contributed by atoms with Gasteiger partial charge in [0.25, 0.3) is 5.91 Å². The Balaban J connectivity index is 2.09. The summed E-state index contributed by atoms with van der Waals surface area (Å²) in [6.07, 6.45) is -0.0374. The maximum atomic E-state index is 12.1. The Kier molecular flexibility index (Phi) is 5.11. The highest BCUT2D eigenvalue weighted by Gasteiger charge is 2.18. The number of carbonyl (C=O) groups excluding carboxylic acids is 2. The van der Waals surface area contributed by atoms with Crippen LogP contribution in [0.5, 0.6) is 5.75 Å². The molecule has 0 spiro atoms. The summed E-state index contributed by atoms with van der Waals surface area (Å²) in [5.74, 6) is 0.0806. The third-order valence-electron chi connectivity index (χ3n) is 2.83. The van der Waals surface area contributed by atoms with E-state index in [0.717, 1.165) is 0 Å². The van der Waals surface area contributed by atoms with E-state index >= 15 is 0 Å². The summed E-state index contributed by atoms with van der Waals surface area (Å²) in [5, 5.41) is 2.75. The maximum Gasteiger partial charge on any atom is 0.265 e. The molecule has 21 heavy (non-hydrogen) atoms. The summed E-state index contributed by atoms with van der Waals surface area (Å²) in [7, 11) is 0. The van der Waals surface area contributed by atoms with E-state index in [9.17, 15) is 9.59 Å². The van der Waals surface area contributed by atoms with E-state index in [4.69, 9.17) is 4.74 Å². The molecule has 0 saturated heterocycles. The van der Waals surface area contributed by atoms with Gasteiger partial charge >= 0.3 is 0 Å². The van der Waals surface area contributed by atoms with E-state index < -0.39 is 6.10 Å². The first-order valence-corrected chi connectivity index (χ1v) is 7.17. The average Bonchev–Trinajstić information content (AvgIpc) is 2.50. The Morgan fingerprint density at radius 3 is 2.57 bits per heavy atom. The lowest BCUT2D eigenvalue weighted by atomic mass is 10.2. The van der Waals surface area contributed by atoms with Gasteiger partial charge in [-0.3, -0.25) is 9.59 Å². The Morgan fingerprint density at radius 2 is 1.90 bits per heavy atom. The topological polar surface area (TPSA) is 55.4 Å². The maximum absolute atomic E-state index is 12.1. The number of hydrogen-bond acceptors (Lipinski definition) is 3. The van der Waals surface area contributed by atoms with Crippen molar-refractivity contribution in [2.75, 3.05) is 5.32 Å². The lowest BCUT2D eigenvalue weighted by molar-refractivity contribution is -0.122. The number of benzene rings is 2. The van der Waals surface area contributed by atoms with Crippen LogP contribution in [0.1, 0.15) is 17.3 Å². The predicted molar refractivity (Wildman–Crippen MR) is 84.7 cm³/mol. The summed E-state index contributed by atoms with van der Waals surface area (Å²) >= 11 is 3.32. The smallest absolute Gasteiger partial charge is 0.265 e. The fraction of sp³-hybridized carbons (Fsp3) is 0.125. The van der Waals surface area contributed by atoms with E-state index in [0.29, 0.717) is 27.8 Å². The molecule has 1 N–H and O–H groups in total. The summed E-state index contributed by atoms with van der Waals surface area (Å²) in [6, 6.07) is 14.2. The molecular formula is C16H14BrNO3. The number of anilines is 1. The van der Waals surface area contributed by atoms with Crippen molar-refractivity contribution in [2.45, 2.75) is 13.0 Å². The Labute approximate surface area is 131 Å². The van der Waals surface area contributed by atoms with Crippen LogP contribution in [-0.2, 0) is 4.79 Å². The summed E-state index contributed by atoms with van der Waals surface area (Å²) < 4.78 is 6.24. The van der Waals surface area contributed by atoms with E-state index in [2.05, 4.69) is 21.2 Å².